The second-order valence-electron chi connectivity index (χ2n) is 8.53. The highest BCUT2D eigenvalue weighted by atomic mass is 15.1. The average Bonchev–Trinajstić information content (AvgIpc) is 3.41. The molecule has 0 bridgehead atoms. The smallest absolute Gasteiger partial charge is 0.146 e. The average molecular weight is 419 g/mol. The lowest BCUT2D eigenvalue weighted by molar-refractivity contribution is 0.452. The number of nitrogens with zero attached hydrogens (tertiary/aromatic N) is 3. The molecule has 0 radical (unpaired) electrons. The topological polar surface area (TPSA) is 80.8 Å². The van der Waals surface area contributed by atoms with Crippen LogP contribution in [0.3, 0.4) is 0 Å². The summed E-state index contributed by atoms with van der Waals surface area (Å²) < 4.78 is 2.29. The second-order valence-corrected chi connectivity index (χ2v) is 8.53. The molecule has 31 heavy (non-hydrogen) atoms. The molecule has 6 heteroatoms. The maximum absolute atomic E-state index is 6.10. The van der Waals surface area contributed by atoms with E-state index in [4.69, 9.17) is 5.73 Å². The lowest BCUT2D eigenvalue weighted by Crippen LogP contribution is -2.26. The highest BCUT2D eigenvalue weighted by molar-refractivity contribution is 5.94. The van der Waals surface area contributed by atoms with Gasteiger partial charge in [-0.05, 0) is 69.8 Å². The first-order chi connectivity index (χ1) is 15.3. The molecular formula is C25H34N6. The van der Waals surface area contributed by atoms with Crippen LogP contribution in [0.4, 0.5) is 5.82 Å². The van der Waals surface area contributed by atoms with Gasteiger partial charge in [0, 0.05) is 17.8 Å². The first-order valence-corrected chi connectivity index (χ1v) is 11.4. The van der Waals surface area contributed by atoms with Gasteiger partial charge in [0.2, 0.25) is 0 Å². The zero-order valence-corrected chi connectivity index (χ0v) is 18.3. The molecule has 2 heterocycles. The molecule has 1 aliphatic carbocycles. The summed E-state index contributed by atoms with van der Waals surface area (Å²) in [4.78, 5) is 8.67. The van der Waals surface area contributed by atoms with Crippen molar-refractivity contribution < 1.29 is 0 Å². The van der Waals surface area contributed by atoms with Gasteiger partial charge in [-0.15, -0.1) is 0 Å². The number of anilines is 1. The third kappa shape index (κ3) is 5.32. The van der Waals surface area contributed by atoms with Crippen molar-refractivity contribution >= 4 is 22.9 Å². The van der Waals surface area contributed by atoms with E-state index < -0.39 is 0 Å². The van der Waals surface area contributed by atoms with Gasteiger partial charge in [0.25, 0.3) is 0 Å². The summed E-state index contributed by atoms with van der Waals surface area (Å²) >= 11 is 0. The van der Waals surface area contributed by atoms with Crippen LogP contribution in [0.5, 0.6) is 0 Å². The van der Waals surface area contributed by atoms with Crippen LogP contribution in [0.25, 0.3) is 17.1 Å². The number of nitrogens with one attached hydrogen (secondary N) is 2. The van der Waals surface area contributed by atoms with Gasteiger partial charge in [-0.2, -0.15) is 0 Å². The van der Waals surface area contributed by atoms with E-state index >= 15 is 0 Å². The maximum Gasteiger partial charge on any atom is 0.146 e. The third-order valence-corrected chi connectivity index (χ3v) is 6.37. The van der Waals surface area contributed by atoms with E-state index in [1.165, 1.54) is 24.8 Å². The molecule has 4 N–H and O–H groups in total. The van der Waals surface area contributed by atoms with Crippen molar-refractivity contribution in [2.75, 3.05) is 31.9 Å². The Morgan fingerprint density at radius 3 is 2.77 bits per heavy atom. The number of rotatable bonds is 11. The molecule has 0 amide bonds. The van der Waals surface area contributed by atoms with Gasteiger partial charge in [-0.25, -0.2) is 9.97 Å². The summed E-state index contributed by atoms with van der Waals surface area (Å²) in [5.41, 5.74) is 9.45. The van der Waals surface area contributed by atoms with Crippen LogP contribution >= 0.6 is 0 Å². The molecule has 6 nitrogen and oxygen atoms in total. The van der Waals surface area contributed by atoms with E-state index in [1.54, 1.807) is 6.33 Å². The Morgan fingerprint density at radius 2 is 1.94 bits per heavy atom. The molecule has 0 aliphatic heterocycles. The van der Waals surface area contributed by atoms with Crippen molar-refractivity contribution in [3.8, 4) is 0 Å². The number of hydrogen-bond donors (Lipinski definition) is 3. The minimum absolute atomic E-state index is 0.469. The summed E-state index contributed by atoms with van der Waals surface area (Å²) in [5.74, 6) is 1.24. The molecule has 2 aromatic heterocycles. The molecule has 2 unspecified atom stereocenters. The fraction of sp³-hybridized carbons (Fsp3) is 0.440. The molecule has 0 saturated heterocycles. The molecule has 3 aromatic rings. The molecule has 0 spiro atoms. The van der Waals surface area contributed by atoms with Crippen molar-refractivity contribution in [2.24, 2.45) is 5.92 Å². The highest BCUT2D eigenvalue weighted by Gasteiger charge is 2.27. The molecule has 2 atom stereocenters. The van der Waals surface area contributed by atoms with Crippen LogP contribution in [0, 0.1) is 5.92 Å². The third-order valence-electron chi connectivity index (χ3n) is 6.37. The van der Waals surface area contributed by atoms with Gasteiger partial charge in [0.1, 0.15) is 17.8 Å². The Balaban J connectivity index is 1.16. The van der Waals surface area contributed by atoms with Gasteiger partial charge >= 0.3 is 0 Å². The lowest BCUT2D eigenvalue weighted by atomic mass is 10.1. The predicted molar refractivity (Wildman–Crippen MR) is 129 cm³/mol. The van der Waals surface area contributed by atoms with Crippen LogP contribution < -0.4 is 16.4 Å². The van der Waals surface area contributed by atoms with Crippen LogP contribution in [0.1, 0.15) is 42.9 Å². The van der Waals surface area contributed by atoms with Crippen LogP contribution in [-0.2, 0) is 6.42 Å². The van der Waals surface area contributed by atoms with E-state index in [1.807, 2.05) is 6.08 Å². The Bertz CT molecular complexity index is 980. The summed E-state index contributed by atoms with van der Waals surface area (Å²) in [6, 6.07) is 11.1. The Kier molecular flexibility index (Phi) is 7.33. The normalized spacial score (nSPS) is 18.6. The largest absolute Gasteiger partial charge is 0.383 e. The first kappa shape index (κ1) is 21.5. The molecule has 1 aromatic carbocycles. The second kappa shape index (κ2) is 10.6. The molecule has 1 fully saturated rings. The van der Waals surface area contributed by atoms with E-state index in [2.05, 4.69) is 68.3 Å². The monoisotopic (exact) mass is 418 g/mol. The zero-order valence-electron chi connectivity index (χ0n) is 18.3. The van der Waals surface area contributed by atoms with Crippen LogP contribution in [-0.4, -0.2) is 40.7 Å². The molecular weight excluding hydrogens is 384 g/mol. The standard InChI is InChI=1S/C25H34N6/c1-2-21-17-31(25-23(21)24(26)29-18-30-25)22-10-9-20(15-22)16-28-13-6-12-27-14-11-19-7-4-3-5-8-19/h2-5,7-8,17-18,20,22,27-28H,1,6,9-16H2,(H2,26,29,30). The van der Waals surface area contributed by atoms with Crippen LogP contribution in [0.15, 0.2) is 49.4 Å². The number of nitrogens with two attached hydrogens (primary N) is 1. The summed E-state index contributed by atoms with van der Waals surface area (Å²) in [6.45, 7) is 8.19. The van der Waals surface area contributed by atoms with E-state index in [-0.39, 0.29) is 0 Å². The Labute approximate surface area is 185 Å². The zero-order chi connectivity index (χ0) is 21.5. The van der Waals surface area contributed by atoms with Crippen LogP contribution in [0.2, 0.25) is 0 Å². The fourth-order valence-corrected chi connectivity index (χ4v) is 4.70. The molecule has 1 aliphatic rings. The van der Waals surface area contributed by atoms with Crippen molar-refractivity contribution in [3.63, 3.8) is 0 Å². The highest BCUT2D eigenvalue weighted by Crippen LogP contribution is 2.38. The number of fused-ring (bicyclic) bond motifs is 1. The fourth-order valence-electron chi connectivity index (χ4n) is 4.70. The van der Waals surface area contributed by atoms with Crippen molar-refractivity contribution in [1.82, 2.24) is 25.2 Å². The van der Waals surface area contributed by atoms with Gasteiger partial charge in [-0.3, -0.25) is 0 Å². The van der Waals surface area contributed by atoms with E-state index in [0.29, 0.717) is 17.8 Å². The van der Waals surface area contributed by atoms with Gasteiger partial charge in [-0.1, -0.05) is 43.0 Å². The van der Waals surface area contributed by atoms with Crippen molar-refractivity contribution in [2.45, 2.75) is 38.1 Å². The number of nitrogen functional groups attached to an aromatic ring is 1. The number of benzene rings is 1. The first-order valence-electron chi connectivity index (χ1n) is 11.4. The predicted octanol–water partition coefficient (Wildman–Crippen LogP) is 3.81. The quantitative estimate of drug-likeness (QED) is 0.413. The van der Waals surface area contributed by atoms with E-state index in [9.17, 15) is 0 Å². The van der Waals surface area contributed by atoms with Crippen molar-refractivity contribution in [3.05, 3.63) is 60.6 Å². The number of hydrogen-bond acceptors (Lipinski definition) is 5. The Morgan fingerprint density at radius 1 is 1.10 bits per heavy atom. The summed E-state index contributed by atoms with van der Waals surface area (Å²) in [5, 5.41) is 8.14. The minimum atomic E-state index is 0.469. The molecule has 1 saturated carbocycles. The lowest BCUT2D eigenvalue weighted by Gasteiger charge is -2.15. The van der Waals surface area contributed by atoms with Gasteiger partial charge in [0.05, 0.1) is 5.39 Å². The molecule has 164 valence electrons. The maximum atomic E-state index is 6.10. The van der Waals surface area contributed by atoms with Gasteiger partial charge in [0.15, 0.2) is 0 Å². The summed E-state index contributed by atoms with van der Waals surface area (Å²) in [7, 11) is 0. The summed E-state index contributed by atoms with van der Waals surface area (Å²) in [6.07, 6.45) is 11.4. The number of aromatic nitrogens is 3. The van der Waals surface area contributed by atoms with Crippen molar-refractivity contribution in [1.29, 1.82) is 0 Å². The Hall–Kier alpha value is -2.70. The van der Waals surface area contributed by atoms with Gasteiger partial charge < -0.3 is 20.9 Å². The SMILES string of the molecule is C=Cc1cn(C2CCC(CNCCCNCCc3ccccc3)C2)c2ncnc(N)c12. The van der Waals surface area contributed by atoms with E-state index in [0.717, 1.165) is 55.6 Å². The molecule has 4 rings (SSSR count). The minimum Gasteiger partial charge on any atom is -0.383 e.